The van der Waals surface area contributed by atoms with Crippen LogP contribution in [0.1, 0.15) is 64.3 Å². The van der Waals surface area contributed by atoms with Crippen molar-refractivity contribution in [1.82, 2.24) is 4.90 Å². The molecule has 3 aromatic rings. The Kier molecular flexibility index (Phi) is 4.24. The van der Waals surface area contributed by atoms with Crippen LogP contribution in [0.3, 0.4) is 0 Å². The first kappa shape index (κ1) is 18.9. The van der Waals surface area contributed by atoms with Gasteiger partial charge in [-0.15, -0.1) is 0 Å². The van der Waals surface area contributed by atoms with Gasteiger partial charge in [-0.05, 0) is 49.9 Å². The van der Waals surface area contributed by atoms with E-state index in [2.05, 4.69) is 12.1 Å². The molecule has 5 nitrogen and oxygen atoms in total. The molecule has 1 amide bonds. The van der Waals surface area contributed by atoms with E-state index in [1.165, 1.54) is 11.1 Å². The summed E-state index contributed by atoms with van der Waals surface area (Å²) in [5, 5.41) is 0.705. The van der Waals surface area contributed by atoms with E-state index in [1.54, 1.807) is 12.1 Å². The molecular formula is C25H25NO4. The fraction of sp³-hybridized carbons (Fsp3) is 0.360. The van der Waals surface area contributed by atoms with Crippen molar-refractivity contribution in [3.05, 3.63) is 64.4 Å². The van der Waals surface area contributed by atoms with Gasteiger partial charge in [0.15, 0.2) is 11.5 Å². The first-order valence-electron chi connectivity index (χ1n) is 10.5. The summed E-state index contributed by atoms with van der Waals surface area (Å²) in [4.78, 5) is 28.2. The number of rotatable bonds is 2. The lowest BCUT2D eigenvalue weighted by Crippen LogP contribution is -2.38. The minimum atomic E-state index is -0.491. The van der Waals surface area contributed by atoms with Crippen molar-refractivity contribution in [2.75, 3.05) is 6.54 Å². The van der Waals surface area contributed by atoms with E-state index in [-0.39, 0.29) is 11.7 Å². The van der Waals surface area contributed by atoms with Crippen LogP contribution in [-0.2, 0) is 13.0 Å². The molecule has 154 valence electrons. The van der Waals surface area contributed by atoms with Gasteiger partial charge in [0, 0.05) is 24.0 Å². The van der Waals surface area contributed by atoms with Crippen LogP contribution in [0.15, 0.2) is 40.8 Å². The Hall–Kier alpha value is -3.08. The van der Waals surface area contributed by atoms with Gasteiger partial charge >= 0.3 is 0 Å². The second-order valence-corrected chi connectivity index (χ2v) is 8.62. The molecule has 0 saturated carbocycles. The number of amides is 1. The number of furan rings is 1. The lowest BCUT2D eigenvalue weighted by molar-refractivity contribution is 0.0502. The standard InChI is InChI=1S/C25H25NO4/c1-4-25(3)13-18(27)22-20(30-25)10-9-19-21(22)15(2)23(29-19)24(28)26-12-11-16-7-5-6-8-17(16)14-26/h5-10H,4,11-14H2,1-3H3/t25-/m0/s1. The number of carbonyl (C=O) groups excluding carboxylic acids is 2. The zero-order valence-corrected chi connectivity index (χ0v) is 17.6. The third kappa shape index (κ3) is 2.83. The maximum Gasteiger partial charge on any atom is 0.290 e. The molecule has 0 unspecified atom stereocenters. The summed E-state index contributed by atoms with van der Waals surface area (Å²) in [6, 6.07) is 11.8. The van der Waals surface area contributed by atoms with Crippen LogP contribution in [0.5, 0.6) is 5.75 Å². The number of Topliss-reactive ketones (excluding diaryl/α,β-unsaturated/α-hetero) is 1. The minimum Gasteiger partial charge on any atom is -0.486 e. The normalized spacial score (nSPS) is 20.6. The van der Waals surface area contributed by atoms with Gasteiger partial charge in [-0.25, -0.2) is 0 Å². The summed E-state index contributed by atoms with van der Waals surface area (Å²) in [5.41, 5.74) is 3.79. The average molecular weight is 403 g/mol. The number of hydrogen-bond donors (Lipinski definition) is 0. The second kappa shape index (κ2) is 6.73. The van der Waals surface area contributed by atoms with Crippen LogP contribution in [0.4, 0.5) is 0 Å². The quantitative estimate of drug-likeness (QED) is 0.599. The molecule has 30 heavy (non-hydrogen) atoms. The van der Waals surface area contributed by atoms with Crippen molar-refractivity contribution < 1.29 is 18.7 Å². The number of fused-ring (bicyclic) bond motifs is 4. The number of benzene rings is 2. The van der Waals surface area contributed by atoms with Gasteiger partial charge in [0.2, 0.25) is 0 Å². The smallest absolute Gasteiger partial charge is 0.290 e. The van der Waals surface area contributed by atoms with Gasteiger partial charge < -0.3 is 14.1 Å². The molecule has 0 fully saturated rings. The van der Waals surface area contributed by atoms with Crippen molar-refractivity contribution in [1.29, 1.82) is 0 Å². The molecule has 0 spiro atoms. The van der Waals surface area contributed by atoms with E-state index >= 15 is 0 Å². The summed E-state index contributed by atoms with van der Waals surface area (Å²) < 4.78 is 12.2. The molecule has 0 radical (unpaired) electrons. The molecule has 2 aliphatic heterocycles. The largest absolute Gasteiger partial charge is 0.486 e. The molecule has 0 saturated heterocycles. The second-order valence-electron chi connectivity index (χ2n) is 8.62. The van der Waals surface area contributed by atoms with Crippen molar-refractivity contribution in [3.63, 3.8) is 0 Å². The van der Waals surface area contributed by atoms with Gasteiger partial charge in [-0.2, -0.15) is 0 Å². The number of ether oxygens (including phenoxy) is 1. The van der Waals surface area contributed by atoms with Crippen molar-refractivity contribution in [2.45, 2.75) is 52.2 Å². The molecule has 0 aliphatic carbocycles. The van der Waals surface area contributed by atoms with Gasteiger partial charge in [0.25, 0.3) is 5.91 Å². The average Bonchev–Trinajstić information content (AvgIpc) is 3.09. The van der Waals surface area contributed by atoms with Gasteiger partial charge in [-0.1, -0.05) is 31.2 Å². The fourth-order valence-corrected chi connectivity index (χ4v) is 4.63. The highest BCUT2D eigenvalue weighted by Crippen LogP contribution is 2.41. The number of ketones is 1. The van der Waals surface area contributed by atoms with E-state index in [0.717, 1.165) is 12.8 Å². The predicted octanol–water partition coefficient (Wildman–Crippen LogP) is 5.07. The van der Waals surface area contributed by atoms with Crippen LogP contribution in [-0.4, -0.2) is 28.7 Å². The van der Waals surface area contributed by atoms with E-state index in [1.807, 2.05) is 37.8 Å². The monoisotopic (exact) mass is 403 g/mol. The third-order valence-electron chi connectivity index (χ3n) is 6.59. The Bertz CT molecular complexity index is 1190. The number of hydrogen-bond acceptors (Lipinski definition) is 4. The van der Waals surface area contributed by atoms with Crippen LogP contribution in [0, 0.1) is 6.92 Å². The molecule has 5 heteroatoms. The summed E-state index contributed by atoms with van der Waals surface area (Å²) in [6.07, 6.45) is 1.91. The van der Waals surface area contributed by atoms with Crippen LogP contribution in [0.25, 0.3) is 11.0 Å². The van der Waals surface area contributed by atoms with Crippen molar-refractivity contribution >= 4 is 22.7 Å². The maximum atomic E-state index is 13.3. The van der Waals surface area contributed by atoms with Crippen LogP contribution in [0.2, 0.25) is 0 Å². The molecule has 3 heterocycles. The first-order valence-corrected chi connectivity index (χ1v) is 10.5. The lowest BCUT2D eigenvalue weighted by atomic mass is 9.87. The number of carbonyl (C=O) groups is 2. The summed E-state index contributed by atoms with van der Waals surface area (Å²) >= 11 is 0. The molecule has 2 aromatic carbocycles. The van der Waals surface area contributed by atoms with Gasteiger partial charge in [-0.3, -0.25) is 9.59 Å². The van der Waals surface area contributed by atoms with Crippen molar-refractivity contribution in [3.8, 4) is 5.75 Å². The lowest BCUT2D eigenvalue weighted by Gasteiger charge is -2.34. The van der Waals surface area contributed by atoms with E-state index in [4.69, 9.17) is 9.15 Å². The van der Waals surface area contributed by atoms with Crippen LogP contribution < -0.4 is 4.74 Å². The summed E-state index contributed by atoms with van der Waals surface area (Å²) in [7, 11) is 0. The zero-order chi connectivity index (χ0) is 21.0. The van der Waals surface area contributed by atoms with Gasteiger partial charge in [0.1, 0.15) is 16.9 Å². The third-order valence-corrected chi connectivity index (χ3v) is 6.59. The molecule has 1 aromatic heterocycles. The van der Waals surface area contributed by atoms with Crippen LogP contribution >= 0.6 is 0 Å². The van der Waals surface area contributed by atoms with E-state index in [9.17, 15) is 9.59 Å². The Morgan fingerprint density at radius 1 is 1.17 bits per heavy atom. The Balaban J connectivity index is 1.54. The van der Waals surface area contributed by atoms with Gasteiger partial charge in [0.05, 0.1) is 12.0 Å². The topological polar surface area (TPSA) is 59.8 Å². The zero-order valence-electron chi connectivity index (χ0n) is 17.6. The fourth-order valence-electron chi connectivity index (χ4n) is 4.63. The first-order chi connectivity index (χ1) is 14.4. The van der Waals surface area contributed by atoms with E-state index < -0.39 is 5.60 Å². The van der Waals surface area contributed by atoms with Crippen molar-refractivity contribution in [2.24, 2.45) is 0 Å². The molecule has 1 atom stereocenters. The Morgan fingerprint density at radius 2 is 1.93 bits per heavy atom. The number of nitrogens with zero attached hydrogens (tertiary/aromatic N) is 1. The molecule has 2 aliphatic rings. The number of aryl methyl sites for hydroxylation is 1. The SMILES string of the molecule is CC[C@@]1(C)CC(=O)c2c(ccc3oc(C(=O)N4CCc5ccccc5C4)c(C)c23)O1. The summed E-state index contributed by atoms with van der Waals surface area (Å²) in [6.45, 7) is 7.07. The highest BCUT2D eigenvalue weighted by atomic mass is 16.5. The summed E-state index contributed by atoms with van der Waals surface area (Å²) in [5.74, 6) is 0.808. The minimum absolute atomic E-state index is 0.0426. The highest BCUT2D eigenvalue weighted by Gasteiger charge is 2.38. The molecule has 0 N–H and O–H groups in total. The maximum absolute atomic E-state index is 13.3. The molecule has 5 rings (SSSR count). The predicted molar refractivity (Wildman–Crippen MR) is 114 cm³/mol. The Morgan fingerprint density at radius 3 is 2.70 bits per heavy atom. The molecule has 0 bridgehead atoms. The van der Waals surface area contributed by atoms with E-state index in [0.29, 0.717) is 53.1 Å². The Labute approximate surface area is 175 Å². The highest BCUT2D eigenvalue weighted by molar-refractivity contribution is 6.13. The molecular weight excluding hydrogens is 378 g/mol.